The summed E-state index contributed by atoms with van der Waals surface area (Å²) in [5, 5.41) is 3.03. The molecule has 20 heavy (non-hydrogen) atoms. The molecular formula is C12H19BrN2O2S3. The van der Waals surface area contributed by atoms with Crippen molar-refractivity contribution in [3.05, 3.63) is 14.7 Å². The van der Waals surface area contributed by atoms with Gasteiger partial charge in [0.05, 0.1) is 3.79 Å². The Morgan fingerprint density at radius 2 is 2.20 bits per heavy atom. The number of halogens is 1. The van der Waals surface area contributed by atoms with E-state index in [1.807, 2.05) is 7.05 Å². The quantitative estimate of drug-likeness (QED) is 0.741. The van der Waals surface area contributed by atoms with Crippen LogP contribution in [0.4, 0.5) is 0 Å². The van der Waals surface area contributed by atoms with Gasteiger partial charge in [0.1, 0.15) is 4.90 Å². The van der Waals surface area contributed by atoms with Gasteiger partial charge in [-0.1, -0.05) is 6.42 Å². The van der Waals surface area contributed by atoms with Gasteiger partial charge in [0.15, 0.2) is 0 Å². The third kappa shape index (κ3) is 3.59. The van der Waals surface area contributed by atoms with E-state index < -0.39 is 10.0 Å². The third-order valence-corrected chi connectivity index (χ3v) is 8.70. The zero-order valence-electron chi connectivity index (χ0n) is 11.5. The zero-order chi connectivity index (χ0) is 14.8. The van der Waals surface area contributed by atoms with Crippen LogP contribution in [0.25, 0.3) is 0 Å². The van der Waals surface area contributed by atoms with Crippen molar-refractivity contribution in [1.82, 2.24) is 10.0 Å². The molecule has 1 heterocycles. The molecule has 114 valence electrons. The van der Waals surface area contributed by atoms with E-state index in [1.54, 1.807) is 17.8 Å². The second kappa shape index (κ2) is 6.66. The SMILES string of the molecule is CNCc1cc(S(=O)(=O)NCC2(SC)CCC2)c(Br)s1. The molecule has 0 atom stereocenters. The van der Waals surface area contributed by atoms with E-state index >= 15 is 0 Å². The second-order valence-electron chi connectivity index (χ2n) is 4.95. The van der Waals surface area contributed by atoms with Gasteiger partial charge in [0.25, 0.3) is 0 Å². The van der Waals surface area contributed by atoms with Gasteiger partial charge >= 0.3 is 0 Å². The van der Waals surface area contributed by atoms with Gasteiger partial charge in [0.2, 0.25) is 10.0 Å². The highest BCUT2D eigenvalue weighted by Crippen LogP contribution is 2.42. The first kappa shape index (κ1) is 16.8. The number of hydrogen-bond acceptors (Lipinski definition) is 5. The Hall–Kier alpha value is 0.400. The molecule has 0 bridgehead atoms. The highest BCUT2D eigenvalue weighted by Gasteiger charge is 2.37. The summed E-state index contributed by atoms with van der Waals surface area (Å²) in [4.78, 5) is 1.35. The summed E-state index contributed by atoms with van der Waals surface area (Å²) < 4.78 is 28.4. The predicted octanol–water partition coefficient (Wildman–Crippen LogP) is 2.79. The van der Waals surface area contributed by atoms with Crippen molar-refractivity contribution < 1.29 is 8.42 Å². The molecule has 8 heteroatoms. The number of nitrogens with one attached hydrogen (secondary N) is 2. The molecule has 4 nitrogen and oxygen atoms in total. The van der Waals surface area contributed by atoms with Gasteiger partial charge < -0.3 is 5.32 Å². The molecule has 1 aliphatic rings. The van der Waals surface area contributed by atoms with Crippen LogP contribution in [-0.4, -0.2) is 33.0 Å². The summed E-state index contributed by atoms with van der Waals surface area (Å²) in [6.45, 7) is 1.19. The molecule has 0 spiro atoms. The fourth-order valence-electron chi connectivity index (χ4n) is 2.17. The van der Waals surface area contributed by atoms with Crippen molar-refractivity contribution in [2.75, 3.05) is 19.8 Å². The van der Waals surface area contributed by atoms with Crippen LogP contribution in [0, 0.1) is 0 Å². The minimum atomic E-state index is -3.44. The molecule has 0 radical (unpaired) electrons. The molecule has 0 aromatic carbocycles. The van der Waals surface area contributed by atoms with Crippen LogP contribution in [0.15, 0.2) is 14.7 Å². The van der Waals surface area contributed by atoms with Crippen molar-refractivity contribution in [3.8, 4) is 0 Å². The number of hydrogen-bond donors (Lipinski definition) is 2. The predicted molar refractivity (Wildman–Crippen MR) is 90.1 cm³/mol. The summed E-state index contributed by atoms with van der Waals surface area (Å²) in [6.07, 6.45) is 5.43. The molecule has 1 saturated carbocycles. The maximum absolute atomic E-state index is 12.4. The van der Waals surface area contributed by atoms with Gasteiger partial charge in [-0.15, -0.1) is 11.3 Å². The summed E-state index contributed by atoms with van der Waals surface area (Å²) in [6, 6.07) is 1.74. The van der Waals surface area contributed by atoms with Gasteiger partial charge in [-0.2, -0.15) is 11.8 Å². The van der Waals surface area contributed by atoms with E-state index in [0.717, 1.165) is 17.7 Å². The number of rotatable bonds is 7. The first-order valence-electron chi connectivity index (χ1n) is 6.40. The van der Waals surface area contributed by atoms with Crippen molar-refractivity contribution >= 4 is 49.1 Å². The maximum Gasteiger partial charge on any atom is 0.242 e. The summed E-state index contributed by atoms with van der Waals surface area (Å²) in [5.41, 5.74) is 0. The van der Waals surface area contributed by atoms with Crippen LogP contribution in [0.3, 0.4) is 0 Å². The molecular weight excluding hydrogens is 380 g/mol. The smallest absolute Gasteiger partial charge is 0.242 e. The highest BCUT2D eigenvalue weighted by atomic mass is 79.9. The van der Waals surface area contributed by atoms with Gasteiger partial charge in [-0.3, -0.25) is 0 Å². The lowest BCUT2D eigenvalue weighted by Crippen LogP contribution is -2.45. The summed E-state index contributed by atoms with van der Waals surface area (Å²) >= 11 is 6.58. The van der Waals surface area contributed by atoms with Gasteiger partial charge in [-0.25, -0.2) is 13.1 Å². The molecule has 2 rings (SSSR count). The Morgan fingerprint density at radius 1 is 1.50 bits per heavy atom. The lowest BCUT2D eigenvalue weighted by atomic mass is 9.84. The van der Waals surface area contributed by atoms with E-state index in [-0.39, 0.29) is 4.75 Å². The van der Waals surface area contributed by atoms with Gasteiger partial charge in [-0.05, 0) is 48.1 Å². The Balaban J connectivity index is 2.10. The Labute approximate surface area is 137 Å². The molecule has 1 aromatic heterocycles. The molecule has 0 aliphatic heterocycles. The van der Waals surface area contributed by atoms with Gasteiger partial charge in [0, 0.05) is 22.7 Å². The van der Waals surface area contributed by atoms with Crippen LogP contribution >= 0.6 is 39.0 Å². The van der Waals surface area contributed by atoms with E-state index in [9.17, 15) is 8.42 Å². The average Bonchev–Trinajstić information content (AvgIpc) is 2.71. The van der Waals surface area contributed by atoms with Crippen LogP contribution in [0.5, 0.6) is 0 Å². The van der Waals surface area contributed by atoms with E-state index in [2.05, 4.69) is 32.2 Å². The van der Waals surface area contributed by atoms with E-state index in [4.69, 9.17) is 0 Å². The lowest BCUT2D eigenvalue weighted by Gasteiger charge is -2.40. The molecule has 1 fully saturated rings. The molecule has 2 N–H and O–H groups in total. The molecule has 1 aromatic rings. The third-order valence-electron chi connectivity index (χ3n) is 3.63. The first-order chi connectivity index (χ1) is 9.42. The van der Waals surface area contributed by atoms with Crippen molar-refractivity contribution in [1.29, 1.82) is 0 Å². The Kier molecular flexibility index (Phi) is 5.58. The first-order valence-corrected chi connectivity index (χ1v) is 10.7. The van der Waals surface area contributed by atoms with Crippen molar-refractivity contribution in [3.63, 3.8) is 0 Å². The van der Waals surface area contributed by atoms with E-state index in [1.165, 1.54) is 17.8 Å². The average molecular weight is 399 g/mol. The van der Waals surface area contributed by atoms with Crippen LogP contribution < -0.4 is 10.0 Å². The van der Waals surface area contributed by atoms with Crippen LogP contribution in [0.1, 0.15) is 24.1 Å². The maximum atomic E-state index is 12.4. The Bertz CT molecular complexity index is 562. The molecule has 0 amide bonds. The number of thiophene rings is 1. The normalized spacial score (nSPS) is 17.9. The molecule has 0 saturated heterocycles. The molecule has 0 unspecified atom stereocenters. The fourth-order valence-corrected chi connectivity index (χ4v) is 7.00. The second-order valence-corrected chi connectivity index (χ2v) is 10.4. The fraction of sp³-hybridized carbons (Fsp3) is 0.667. The van der Waals surface area contributed by atoms with Crippen LogP contribution in [0.2, 0.25) is 0 Å². The van der Waals surface area contributed by atoms with Crippen LogP contribution in [-0.2, 0) is 16.6 Å². The number of thioether (sulfide) groups is 1. The largest absolute Gasteiger partial charge is 0.315 e. The topological polar surface area (TPSA) is 58.2 Å². The summed E-state index contributed by atoms with van der Waals surface area (Å²) in [5.74, 6) is 0. The Morgan fingerprint density at radius 3 is 2.70 bits per heavy atom. The monoisotopic (exact) mass is 398 g/mol. The standard InChI is InChI=1S/C12H19BrN2O2S3/c1-14-7-9-6-10(11(13)19-9)20(16,17)15-8-12(18-2)4-3-5-12/h6,14-15H,3-5,7-8H2,1-2H3. The lowest BCUT2D eigenvalue weighted by molar-refractivity contribution is 0.362. The van der Waals surface area contributed by atoms with Crippen molar-refractivity contribution in [2.45, 2.75) is 35.4 Å². The van der Waals surface area contributed by atoms with Crippen molar-refractivity contribution in [2.24, 2.45) is 0 Å². The minimum absolute atomic E-state index is 0.101. The van der Waals surface area contributed by atoms with E-state index in [0.29, 0.717) is 21.8 Å². The molecule has 1 aliphatic carbocycles. The zero-order valence-corrected chi connectivity index (χ0v) is 15.6. The number of sulfonamides is 1. The minimum Gasteiger partial charge on any atom is -0.315 e. The highest BCUT2D eigenvalue weighted by molar-refractivity contribution is 9.11. The summed E-state index contributed by atoms with van der Waals surface area (Å²) in [7, 11) is -1.59.